The Balaban J connectivity index is 2.05. The van der Waals surface area contributed by atoms with E-state index in [2.05, 4.69) is 19.2 Å². The molecule has 1 aromatic rings. The number of rotatable bonds is 6. The van der Waals surface area contributed by atoms with E-state index in [1.54, 1.807) is 12.1 Å². The molecule has 3 atom stereocenters. The highest BCUT2D eigenvalue weighted by atomic mass is 16.6. The van der Waals surface area contributed by atoms with Gasteiger partial charge in [-0.05, 0) is 36.8 Å². The first-order valence-electron chi connectivity index (χ1n) is 7.58. The Kier molecular flexibility index (Phi) is 5.12. The Labute approximate surface area is 120 Å². The Morgan fingerprint density at radius 1 is 1.35 bits per heavy atom. The molecule has 0 spiro atoms. The van der Waals surface area contributed by atoms with Crippen molar-refractivity contribution >= 4 is 5.69 Å². The largest absolute Gasteiger partial charge is 0.314 e. The summed E-state index contributed by atoms with van der Waals surface area (Å²) in [5.74, 6) is 1.50. The van der Waals surface area contributed by atoms with Gasteiger partial charge >= 0.3 is 0 Å². The molecule has 1 fully saturated rings. The third-order valence-corrected chi connectivity index (χ3v) is 4.51. The first-order valence-corrected chi connectivity index (χ1v) is 7.58. The van der Waals surface area contributed by atoms with Gasteiger partial charge in [-0.3, -0.25) is 10.1 Å². The Morgan fingerprint density at radius 2 is 2.05 bits per heavy atom. The van der Waals surface area contributed by atoms with Gasteiger partial charge in [-0.2, -0.15) is 0 Å². The summed E-state index contributed by atoms with van der Waals surface area (Å²) in [4.78, 5) is 10.3. The van der Waals surface area contributed by atoms with Gasteiger partial charge in [-0.1, -0.05) is 38.8 Å². The molecule has 20 heavy (non-hydrogen) atoms. The molecule has 0 aliphatic heterocycles. The molecule has 0 saturated heterocycles. The van der Waals surface area contributed by atoms with Crippen molar-refractivity contribution in [3.05, 3.63) is 39.9 Å². The lowest BCUT2D eigenvalue weighted by atomic mass is 9.86. The predicted molar refractivity (Wildman–Crippen MR) is 80.8 cm³/mol. The molecule has 1 aromatic carbocycles. The number of likely N-dealkylation sites (N-methyl/N-ethyl adjacent to an activating group) is 1. The molecule has 4 heteroatoms. The predicted octanol–water partition coefficient (Wildman–Crippen LogP) is 3.55. The number of benzene rings is 1. The first-order chi connectivity index (χ1) is 9.61. The SMILES string of the molecule is CCNC(Cc1ccc([N+](=O)[O-])cc1)C1CCCC1C. The minimum Gasteiger partial charge on any atom is -0.314 e. The van der Waals surface area contributed by atoms with Gasteiger partial charge in [-0.25, -0.2) is 0 Å². The molecular weight excluding hydrogens is 252 g/mol. The molecule has 110 valence electrons. The fourth-order valence-electron chi connectivity index (χ4n) is 3.42. The third kappa shape index (κ3) is 3.57. The highest BCUT2D eigenvalue weighted by Gasteiger charge is 2.30. The van der Waals surface area contributed by atoms with E-state index in [4.69, 9.17) is 0 Å². The summed E-state index contributed by atoms with van der Waals surface area (Å²) >= 11 is 0. The molecule has 0 aromatic heterocycles. The number of nitro groups is 1. The second-order valence-electron chi connectivity index (χ2n) is 5.86. The summed E-state index contributed by atoms with van der Waals surface area (Å²) in [5.41, 5.74) is 1.35. The summed E-state index contributed by atoms with van der Waals surface area (Å²) < 4.78 is 0. The van der Waals surface area contributed by atoms with Crippen LogP contribution < -0.4 is 5.32 Å². The zero-order chi connectivity index (χ0) is 14.5. The lowest BCUT2D eigenvalue weighted by molar-refractivity contribution is -0.384. The molecule has 1 aliphatic carbocycles. The van der Waals surface area contributed by atoms with Gasteiger partial charge in [0.15, 0.2) is 0 Å². The van der Waals surface area contributed by atoms with Gasteiger partial charge < -0.3 is 5.32 Å². The topological polar surface area (TPSA) is 55.2 Å². The van der Waals surface area contributed by atoms with Gasteiger partial charge in [0.2, 0.25) is 0 Å². The van der Waals surface area contributed by atoms with E-state index in [1.807, 2.05) is 12.1 Å². The van der Waals surface area contributed by atoms with Crippen LogP contribution in [-0.2, 0) is 6.42 Å². The lowest BCUT2D eigenvalue weighted by Crippen LogP contribution is -2.39. The van der Waals surface area contributed by atoms with Gasteiger partial charge in [0, 0.05) is 18.2 Å². The molecule has 0 amide bonds. The number of nitrogens with one attached hydrogen (secondary N) is 1. The molecule has 3 unspecified atom stereocenters. The van der Waals surface area contributed by atoms with Crippen molar-refractivity contribution in [1.82, 2.24) is 5.32 Å². The van der Waals surface area contributed by atoms with Crippen LogP contribution in [0.15, 0.2) is 24.3 Å². The minimum absolute atomic E-state index is 0.169. The molecular formula is C16H24N2O2. The Hall–Kier alpha value is -1.42. The van der Waals surface area contributed by atoms with E-state index in [0.717, 1.165) is 24.8 Å². The van der Waals surface area contributed by atoms with Crippen molar-refractivity contribution < 1.29 is 4.92 Å². The molecule has 0 bridgehead atoms. The number of hydrogen-bond donors (Lipinski definition) is 1. The zero-order valence-corrected chi connectivity index (χ0v) is 12.3. The zero-order valence-electron chi connectivity index (χ0n) is 12.3. The van der Waals surface area contributed by atoms with Crippen LogP contribution in [0, 0.1) is 22.0 Å². The van der Waals surface area contributed by atoms with Crippen LogP contribution in [0.2, 0.25) is 0 Å². The number of non-ortho nitro benzene ring substituents is 1. The fourth-order valence-corrected chi connectivity index (χ4v) is 3.42. The smallest absolute Gasteiger partial charge is 0.269 e. The summed E-state index contributed by atoms with van der Waals surface area (Å²) in [5, 5.41) is 14.3. The molecule has 1 saturated carbocycles. The number of hydrogen-bond acceptors (Lipinski definition) is 3. The van der Waals surface area contributed by atoms with Crippen LogP contribution in [0.3, 0.4) is 0 Å². The van der Waals surface area contributed by atoms with E-state index < -0.39 is 0 Å². The average Bonchev–Trinajstić information content (AvgIpc) is 2.85. The first kappa shape index (κ1) is 15.0. The maximum Gasteiger partial charge on any atom is 0.269 e. The van der Waals surface area contributed by atoms with E-state index >= 15 is 0 Å². The van der Waals surface area contributed by atoms with Crippen LogP contribution in [0.25, 0.3) is 0 Å². The number of nitro benzene ring substituents is 1. The van der Waals surface area contributed by atoms with Gasteiger partial charge in [0.1, 0.15) is 0 Å². The standard InChI is InChI=1S/C16H24N2O2/c1-3-17-16(15-6-4-5-12(15)2)11-13-7-9-14(10-8-13)18(19)20/h7-10,12,15-17H,3-6,11H2,1-2H3. The summed E-state index contributed by atoms with van der Waals surface area (Å²) in [6, 6.07) is 7.48. The van der Waals surface area contributed by atoms with Crippen LogP contribution in [0.4, 0.5) is 5.69 Å². The normalized spacial score (nSPS) is 23.7. The van der Waals surface area contributed by atoms with Crippen molar-refractivity contribution in [3.63, 3.8) is 0 Å². The van der Waals surface area contributed by atoms with Gasteiger partial charge in [0.05, 0.1) is 4.92 Å². The third-order valence-electron chi connectivity index (χ3n) is 4.51. The van der Waals surface area contributed by atoms with Gasteiger partial charge in [-0.15, -0.1) is 0 Å². The second-order valence-corrected chi connectivity index (χ2v) is 5.86. The second kappa shape index (κ2) is 6.84. The lowest BCUT2D eigenvalue weighted by Gasteiger charge is -2.28. The maximum atomic E-state index is 10.7. The number of nitrogens with zero attached hydrogens (tertiary/aromatic N) is 1. The molecule has 1 aliphatic rings. The highest BCUT2D eigenvalue weighted by Crippen LogP contribution is 2.34. The summed E-state index contributed by atoms with van der Waals surface area (Å²) in [7, 11) is 0. The Morgan fingerprint density at radius 3 is 2.55 bits per heavy atom. The fraction of sp³-hybridized carbons (Fsp3) is 0.625. The molecule has 0 radical (unpaired) electrons. The highest BCUT2D eigenvalue weighted by molar-refractivity contribution is 5.33. The van der Waals surface area contributed by atoms with Crippen molar-refractivity contribution in [2.24, 2.45) is 11.8 Å². The van der Waals surface area contributed by atoms with Crippen LogP contribution in [0.5, 0.6) is 0 Å². The molecule has 1 N–H and O–H groups in total. The maximum absolute atomic E-state index is 10.7. The summed E-state index contributed by atoms with van der Waals surface area (Å²) in [6.45, 7) is 5.46. The van der Waals surface area contributed by atoms with Crippen molar-refractivity contribution in [3.8, 4) is 0 Å². The van der Waals surface area contributed by atoms with Crippen LogP contribution >= 0.6 is 0 Å². The van der Waals surface area contributed by atoms with E-state index in [0.29, 0.717) is 6.04 Å². The molecule has 0 heterocycles. The van der Waals surface area contributed by atoms with Crippen LogP contribution in [0.1, 0.15) is 38.7 Å². The average molecular weight is 276 g/mol. The Bertz CT molecular complexity index is 444. The van der Waals surface area contributed by atoms with Crippen molar-refractivity contribution in [2.45, 2.75) is 45.6 Å². The van der Waals surface area contributed by atoms with E-state index in [9.17, 15) is 10.1 Å². The molecule has 2 rings (SSSR count). The molecule has 4 nitrogen and oxygen atoms in total. The van der Waals surface area contributed by atoms with Crippen molar-refractivity contribution in [2.75, 3.05) is 6.54 Å². The monoisotopic (exact) mass is 276 g/mol. The van der Waals surface area contributed by atoms with E-state index in [-0.39, 0.29) is 10.6 Å². The van der Waals surface area contributed by atoms with E-state index in [1.165, 1.54) is 24.8 Å². The van der Waals surface area contributed by atoms with Crippen LogP contribution in [-0.4, -0.2) is 17.5 Å². The minimum atomic E-state index is -0.343. The van der Waals surface area contributed by atoms with Crippen molar-refractivity contribution in [1.29, 1.82) is 0 Å². The van der Waals surface area contributed by atoms with Gasteiger partial charge in [0.25, 0.3) is 5.69 Å². The summed E-state index contributed by atoms with van der Waals surface area (Å²) in [6.07, 6.45) is 4.91. The quantitative estimate of drug-likeness (QED) is 0.638.